The van der Waals surface area contributed by atoms with Crippen LogP contribution in [0.1, 0.15) is 37.5 Å². The summed E-state index contributed by atoms with van der Waals surface area (Å²) >= 11 is 6.00. The first kappa shape index (κ1) is 12.5. The predicted octanol–water partition coefficient (Wildman–Crippen LogP) is 4.55. The zero-order chi connectivity index (χ0) is 10.4. The van der Waals surface area contributed by atoms with E-state index in [2.05, 4.69) is 26.8 Å². The van der Waals surface area contributed by atoms with Crippen molar-refractivity contribution in [3.05, 3.63) is 33.8 Å². The molecule has 0 saturated carbocycles. The van der Waals surface area contributed by atoms with E-state index in [1.807, 2.05) is 19.9 Å². The molecule has 1 rings (SSSR count). The molecular formula is C12H19Cl. The predicted molar refractivity (Wildman–Crippen MR) is 61.7 cm³/mol. The second-order valence-corrected chi connectivity index (χ2v) is 3.29. The normalized spacial score (nSPS) is 9.08. The van der Waals surface area contributed by atoms with Gasteiger partial charge in [0, 0.05) is 5.02 Å². The Hall–Kier alpha value is -0.490. The quantitative estimate of drug-likeness (QED) is 0.622. The average Bonchev–Trinajstić information content (AvgIpc) is 2.14. The minimum Gasteiger partial charge on any atom is -0.0840 e. The molecule has 0 aliphatic heterocycles. The summed E-state index contributed by atoms with van der Waals surface area (Å²) in [5.74, 6) is 0. The first-order chi connectivity index (χ1) is 6.15. The Balaban J connectivity index is 0.000000671. The average molecular weight is 199 g/mol. The molecule has 0 radical (unpaired) electrons. The van der Waals surface area contributed by atoms with Crippen molar-refractivity contribution in [1.29, 1.82) is 0 Å². The number of halogens is 1. The minimum atomic E-state index is 0.891. The fraction of sp³-hybridized carbons (Fsp3) is 0.500. The first-order valence-corrected chi connectivity index (χ1v) is 5.28. The molecule has 0 aliphatic rings. The SMILES string of the molecule is CC.CCc1cc(C)cc(Cl)c1C. The largest absolute Gasteiger partial charge is 0.0840 e. The van der Waals surface area contributed by atoms with E-state index in [0.29, 0.717) is 0 Å². The van der Waals surface area contributed by atoms with E-state index in [1.165, 1.54) is 16.7 Å². The van der Waals surface area contributed by atoms with Crippen molar-refractivity contribution in [3.8, 4) is 0 Å². The monoisotopic (exact) mass is 198 g/mol. The lowest BCUT2D eigenvalue weighted by molar-refractivity contribution is 1.10. The van der Waals surface area contributed by atoms with Crippen LogP contribution in [0.15, 0.2) is 12.1 Å². The molecule has 0 nitrogen and oxygen atoms in total. The van der Waals surface area contributed by atoms with Crippen LogP contribution < -0.4 is 0 Å². The molecule has 0 heterocycles. The van der Waals surface area contributed by atoms with E-state index in [1.54, 1.807) is 0 Å². The Morgan fingerprint density at radius 3 is 2.15 bits per heavy atom. The van der Waals surface area contributed by atoms with Gasteiger partial charge >= 0.3 is 0 Å². The van der Waals surface area contributed by atoms with Gasteiger partial charge in [-0.3, -0.25) is 0 Å². The molecule has 0 saturated heterocycles. The number of hydrogen-bond acceptors (Lipinski definition) is 0. The minimum absolute atomic E-state index is 0.891. The third-order valence-corrected chi connectivity index (χ3v) is 2.37. The molecule has 0 aliphatic carbocycles. The number of hydrogen-bond donors (Lipinski definition) is 0. The van der Waals surface area contributed by atoms with Crippen LogP contribution in [0.2, 0.25) is 5.02 Å². The first-order valence-electron chi connectivity index (χ1n) is 4.90. The highest BCUT2D eigenvalue weighted by Gasteiger charge is 2.00. The molecule has 1 heteroatoms. The summed E-state index contributed by atoms with van der Waals surface area (Å²) in [5, 5.41) is 0.891. The van der Waals surface area contributed by atoms with Crippen LogP contribution in [-0.2, 0) is 6.42 Å². The number of benzene rings is 1. The van der Waals surface area contributed by atoms with E-state index in [9.17, 15) is 0 Å². The van der Waals surface area contributed by atoms with Crippen molar-refractivity contribution >= 4 is 11.6 Å². The van der Waals surface area contributed by atoms with E-state index in [-0.39, 0.29) is 0 Å². The summed E-state index contributed by atoms with van der Waals surface area (Å²) in [5.41, 5.74) is 3.83. The Kier molecular flexibility index (Phi) is 5.81. The van der Waals surface area contributed by atoms with Gasteiger partial charge in [0.1, 0.15) is 0 Å². The van der Waals surface area contributed by atoms with Crippen LogP contribution in [0, 0.1) is 13.8 Å². The van der Waals surface area contributed by atoms with Crippen molar-refractivity contribution in [2.75, 3.05) is 0 Å². The van der Waals surface area contributed by atoms with Crippen LogP contribution in [-0.4, -0.2) is 0 Å². The van der Waals surface area contributed by atoms with Crippen molar-refractivity contribution in [1.82, 2.24) is 0 Å². The number of aryl methyl sites for hydroxylation is 2. The molecule has 0 amide bonds. The van der Waals surface area contributed by atoms with Crippen molar-refractivity contribution < 1.29 is 0 Å². The van der Waals surface area contributed by atoms with Gasteiger partial charge in [-0.2, -0.15) is 0 Å². The molecule has 0 atom stereocenters. The lowest BCUT2D eigenvalue weighted by Crippen LogP contribution is -1.88. The Morgan fingerprint density at radius 2 is 1.69 bits per heavy atom. The summed E-state index contributed by atoms with van der Waals surface area (Å²) < 4.78 is 0. The molecular weight excluding hydrogens is 180 g/mol. The van der Waals surface area contributed by atoms with Gasteiger partial charge in [0.25, 0.3) is 0 Å². The molecule has 0 spiro atoms. The lowest BCUT2D eigenvalue weighted by atomic mass is 10.0. The van der Waals surface area contributed by atoms with Crippen LogP contribution in [0.3, 0.4) is 0 Å². The van der Waals surface area contributed by atoms with E-state index in [0.717, 1.165) is 11.4 Å². The highest BCUT2D eigenvalue weighted by Crippen LogP contribution is 2.21. The highest BCUT2D eigenvalue weighted by atomic mass is 35.5. The second kappa shape index (κ2) is 6.04. The molecule has 13 heavy (non-hydrogen) atoms. The topological polar surface area (TPSA) is 0 Å². The fourth-order valence-corrected chi connectivity index (χ4v) is 1.55. The molecule has 0 bridgehead atoms. The summed E-state index contributed by atoms with van der Waals surface area (Å²) in [6, 6.07) is 4.21. The maximum atomic E-state index is 6.00. The Labute approximate surface area is 86.9 Å². The molecule has 74 valence electrons. The van der Waals surface area contributed by atoms with E-state index >= 15 is 0 Å². The van der Waals surface area contributed by atoms with Gasteiger partial charge in [0.15, 0.2) is 0 Å². The molecule has 0 aromatic heterocycles. The summed E-state index contributed by atoms with van der Waals surface area (Å²) in [6.07, 6.45) is 1.06. The summed E-state index contributed by atoms with van der Waals surface area (Å²) in [6.45, 7) is 10.3. The van der Waals surface area contributed by atoms with Gasteiger partial charge in [-0.1, -0.05) is 38.4 Å². The van der Waals surface area contributed by atoms with Gasteiger partial charge in [-0.25, -0.2) is 0 Å². The summed E-state index contributed by atoms with van der Waals surface area (Å²) in [7, 11) is 0. The van der Waals surface area contributed by atoms with Crippen LogP contribution in [0.4, 0.5) is 0 Å². The molecule has 0 unspecified atom stereocenters. The molecule has 0 N–H and O–H groups in total. The van der Waals surface area contributed by atoms with Crippen LogP contribution in [0.25, 0.3) is 0 Å². The Bertz CT molecular complexity index is 264. The fourth-order valence-electron chi connectivity index (χ4n) is 1.25. The van der Waals surface area contributed by atoms with Crippen molar-refractivity contribution in [2.24, 2.45) is 0 Å². The molecule has 1 aromatic carbocycles. The van der Waals surface area contributed by atoms with Crippen LogP contribution in [0.5, 0.6) is 0 Å². The van der Waals surface area contributed by atoms with Gasteiger partial charge in [0.05, 0.1) is 0 Å². The summed E-state index contributed by atoms with van der Waals surface area (Å²) in [4.78, 5) is 0. The van der Waals surface area contributed by atoms with Gasteiger partial charge < -0.3 is 0 Å². The van der Waals surface area contributed by atoms with E-state index < -0.39 is 0 Å². The van der Waals surface area contributed by atoms with Crippen molar-refractivity contribution in [3.63, 3.8) is 0 Å². The number of rotatable bonds is 1. The molecule has 1 aromatic rings. The molecule has 0 fully saturated rings. The zero-order valence-electron chi connectivity index (χ0n) is 9.24. The maximum Gasteiger partial charge on any atom is 0.0440 e. The van der Waals surface area contributed by atoms with Crippen LogP contribution >= 0.6 is 11.6 Å². The van der Waals surface area contributed by atoms with Gasteiger partial charge in [-0.15, -0.1) is 0 Å². The third-order valence-electron chi connectivity index (χ3n) is 1.98. The third kappa shape index (κ3) is 3.40. The second-order valence-electron chi connectivity index (χ2n) is 2.88. The standard InChI is InChI=1S/C10H13Cl.C2H6/c1-4-9-5-7(2)6-10(11)8(9)3;1-2/h5-6H,4H2,1-3H3;1-2H3. The maximum absolute atomic E-state index is 6.00. The van der Waals surface area contributed by atoms with Crippen molar-refractivity contribution in [2.45, 2.75) is 41.0 Å². The lowest BCUT2D eigenvalue weighted by Gasteiger charge is -2.06. The highest BCUT2D eigenvalue weighted by molar-refractivity contribution is 6.31. The Morgan fingerprint density at radius 1 is 1.15 bits per heavy atom. The van der Waals surface area contributed by atoms with Gasteiger partial charge in [-0.05, 0) is 43.0 Å². The smallest absolute Gasteiger partial charge is 0.0440 e. The van der Waals surface area contributed by atoms with Gasteiger partial charge in [0.2, 0.25) is 0 Å². The van der Waals surface area contributed by atoms with E-state index in [4.69, 9.17) is 11.6 Å². The zero-order valence-corrected chi connectivity index (χ0v) is 10.00.